The fraction of sp³-hybridized carbons (Fsp3) is 0.318. The fourth-order valence-corrected chi connectivity index (χ4v) is 4.67. The predicted molar refractivity (Wildman–Crippen MR) is 111 cm³/mol. The van der Waals surface area contributed by atoms with Crippen LogP contribution in [0.5, 0.6) is 5.75 Å². The van der Waals surface area contributed by atoms with Crippen LogP contribution in [0.15, 0.2) is 42.5 Å². The molecule has 2 aromatic carbocycles. The van der Waals surface area contributed by atoms with Crippen LogP contribution in [0.3, 0.4) is 0 Å². The Balaban J connectivity index is 1.38. The van der Waals surface area contributed by atoms with Crippen molar-refractivity contribution in [3.05, 3.63) is 58.6 Å². The Morgan fingerprint density at radius 1 is 1.28 bits per heavy atom. The van der Waals surface area contributed by atoms with Crippen molar-refractivity contribution in [3.8, 4) is 5.75 Å². The normalized spacial score (nSPS) is 16.7. The van der Waals surface area contributed by atoms with E-state index in [4.69, 9.17) is 9.72 Å². The standard InChI is InChI=1S/C22H22N2O4S/c1-14-8-9-18(25)16(11-14)22(27)28-13-20(26)24-10-4-5-15(12-24)21-23-17-6-2-3-7-19(17)29-21/h2-3,6-9,11,15,25H,4-5,10,12-13H2,1H3/t15-/m0/s1. The number of ether oxygens (including phenoxy) is 1. The third kappa shape index (κ3) is 4.24. The Morgan fingerprint density at radius 3 is 2.93 bits per heavy atom. The number of rotatable bonds is 4. The number of phenols is 1. The number of fused-ring (bicyclic) bond motifs is 1. The Morgan fingerprint density at radius 2 is 2.10 bits per heavy atom. The van der Waals surface area contributed by atoms with E-state index in [2.05, 4.69) is 6.07 Å². The third-order valence-electron chi connectivity index (χ3n) is 5.13. The summed E-state index contributed by atoms with van der Waals surface area (Å²) in [6.45, 7) is 2.70. The molecule has 7 heteroatoms. The van der Waals surface area contributed by atoms with Gasteiger partial charge in [0.2, 0.25) is 0 Å². The number of nitrogens with zero attached hydrogens (tertiary/aromatic N) is 2. The van der Waals surface area contributed by atoms with Crippen molar-refractivity contribution in [2.45, 2.75) is 25.7 Å². The van der Waals surface area contributed by atoms with E-state index in [1.807, 2.05) is 25.1 Å². The molecule has 1 aromatic heterocycles. The number of para-hydroxylation sites is 1. The first-order valence-corrected chi connectivity index (χ1v) is 10.4. The van der Waals surface area contributed by atoms with E-state index in [1.54, 1.807) is 28.4 Å². The number of piperidine rings is 1. The van der Waals surface area contributed by atoms with Gasteiger partial charge in [0.15, 0.2) is 6.61 Å². The van der Waals surface area contributed by atoms with Crippen molar-refractivity contribution in [3.63, 3.8) is 0 Å². The number of hydrogen-bond acceptors (Lipinski definition) is 6. The molecule has 0 radical (unpaired) electrons. The predicted octanol–water partition coefficient (Wildman–Crippen LogP) is 3.87. The highest BCUT2D eigenvalue weighted by Crippen LogP contribution is 2.33. The number of aryl methyl sites for hydroxylation is 1. The van der Waals surface area contributed by atoms with Crippen molar-refractivity contribution in [1.82, 2.24) is 9.88 Å². The second kappa shape index (κ2) is 8.21. The van der Waals surface area contributed by atoms with Crippen LogP contribution in [-0.4, -0.2) is 46.6 Å². The maximum atomic E-state index is 12.6. The van der Waals surface area contributed by atoms with Crippen LogP contribution in [0.1, 0.15) is 39.7 Å². The second-order valence-corrected chi connectivity index (χ2v) is 8.36. The number of amides is 1. The lowest BCUT2D eigenvalue weighted by atomic mass is 9.99. The van der Waals surface area contributed by atoms with Gasteiger partial charge in [0.1, 0.15) is 11.3 Å². The first-order valence-electron chi connectivity index (χ1n) is 9.61. The Labute approximate surface area is 172 Å². The fourth-order valence-electron chi connectivity index (χ4n) is 3.58. The molecule has 3 aromatic rings. The quantitative estimate of drug-likeness (QED) is 0.661. The Hall–Kier alpha value is -2.93. The average Bonchev–Trinajstić information content (AvgIpc) is 3.18. The summed E-state index contributed by atoms with van der Waals surface area (Å²) in [7, 11) is 0. The monoisotopic (exact) mass is 410 g/mol. The van der Waals surface area contributed by atoms with Gasteiger partial charge in [0.25, 0.3) is 5.91 Å². The van der Waals surface area contributed by atoms with Crippen LogP contribution >= 0.6 is 11.3 Å². The zero-order valence-electron chi connectivity index (χ0n) is 16.1. The number of aromatic nitrogens is 1. The van der Waals surface area contributed by atoms with Gasteiger partial charge in [-0.2, -0.15) is 0 Å². The summed E-state index contributed by atoms with van der Waals surface area (Å²) >= 11 is 1.67. The molecule has 1 amide bonds. The number of phenolic OH excluding ortho intramolecular Hbond substituents is 1. The molecule has 1 aliphatic heterocycles. The molecule has 150 valence electrons. The molecule has 1 aliphatic rings. The van der Waals surface area contributed by atoms with Crippen LogP contribution in [-0.2, 0) is 9.53 Å². The Kier molecular flexibility index (Phi) is 5.49. The lowest BCUT2D eigenvalue weighted by molar-refractivity contribution is -0.135. The molecule has 29 heavy (non-hydrogen) atoms. The van der Waals surface area contributed by atoms with Crippen molar-refractivity contribution >= 4 is 33.4 Å². The summed E-state index contributed by atoms with van der Waals surface area (Å²) in [5.41, 5.74) is 1.89. The zero-order valence-corrected chi connectivity index (χ0v) is 16.9. The van der Waals surface area contributed by atoms with E-state index in [0.717, 1.165) is 33.6 Å². The lowest BCUT2D eigenvalue weighted by Crippen LogP contribution is -2.41. The molecular weight excluding hydrogens is 388 g/mol. The Bertz CT molecular complexity index is 1030. The number of benzene rings is 2. The number of hydrogen-bond donors (Lipinski definition) is 1. The van der Waals surface area contributed by atoms with Crippen molar-refractivity contribution in [2.75, 3.05) is 19.7 Å². The lowest BCUT2D eigenvalue weighted by Gasteiger charge is -2.31. The van der Waals surface area contributed by atoms with Gasteiger partial charge in [-0.05, 0) is 44.0 Å². The second-order valence-electron chi connectivity index (χ2n) is 7.30. The van der Waals surface area contributed by atoms with Gasteiger partial charge < -0.3 is 14.7 Å². The number of esters is 1. The SMILES string of the molecule is Cc1ccc(O)c(C(=O)OCC(=O)N2CCC[C@H](c3nc4ccccc4s3)C2)c1. The molecule has 1 atom stereocenters. The van der Waals surface area contributed by atoms with Crippen molar-refractivity contribution in [1.29, 1.82) is 0 Å². The summed E-state index contributed by atoms with van der Waals surface area (Å²) in [4.78, 5) is 31.3. The van der Waals surface area contributed by atoms with E-state index in [0.29, 0.717) is 13.1 Å². The number of carbonyl (C=O) groups excluding carboxylic acids is 2. The number of aromatic hydroxyl groups is 1. The summed E-state index contributed by atoms with van der Waals surface area (Å²) in [5, 5.41) is 10.9. The summed E-state index contributed by atoms with van der Waals surface area (Å²) < 4.78 is 6.32. The summed E-state index contributed by atoms with van der Waals surface area (Å²) in [6.07, 6.45) is 1.87. The molecule has 0 spiro atoms. The zero-order chi connectivity index (χ0) is 20.4. The molecule has 6 nitrogen and oxygen atoms in total. The molecule has 4 rings (SSSR count). The highest BCUT2D eigenvalue weighted by atomic mass is 32.1. The number of carbonyl (C=O) groups is 2. The third-order valence-corrected chi connectivity index (χ3v) is 6.33. The largest absolute Gasteiger partial charge is 0.507 e. The molecule has 0 saturated carbocycles. The average molecular weight is 410 g/mol. The van der Waals surface area contributed by atoms with E-state index >= 15 is 0 Å². The molecule has 2 heterocycles. The molecular formula is C22H22N2O4S. The van der Waals surface area contributed by atoms with Gasteiger partial charge >= 0.3 is 5.97 Å². The first-order chi connectivity index (χ1) is 14.0. The minimum Gasteiger partial charge on any atom is -0.507 e. The van der Waals surface area contributed by atoms with Gasteiger partial charge in [-0.15, -0.1) is 11.3 Å². The molecule has 1 fully saturated rings. The highest BCUT2D eigenvalue weighted by molar-refractivity contribution is 7.18. The minimum atomic E-state index is -0.695. The van der Waals surface area contributed by atoms with Crippen molar-refractivity contribution < 1.29 is 19.4 Å². The van der Waals surface area contributed by atoms with Crippen LogP contribution in [0.25, 0.3) is 10.2 Å². The van der Waals surface area contributed by atoms with Gasteiger partial charge in [0, 0.05) is 19.0 Å². The maximum Gasteiger partial charge on any atom is 0.342 e. The van der Waals surface area contributed by atoms with Crippen LogP contribution in [0, 0.1) is 6.92 Å². The van der Waals surface area contributed by atoms with E-state index in [9.17, 15) is 14.7 Å². The minimum absolute atomic E-state index is 0.0730. The molecule has 0 unspecified atom stereocenters. The summed E-state index contributed by atoms with van der Waals surface area (Å²) in [5.74, 6) is -0.876. The summed E-state index contributed by atoms with van der Waals surface area (Å²) in [6, 6.07) is 12.7. The van der Waals surface area contributed by atoms with E-state index in [1.165, 1.54) is 6.07 Å². The molecule has 1 N–H and O–H groups in total. The molecule has 1 saturated heterocycles. The van der Waals surface area contributed by atoms with E-state index in [-0.39, 0.29) is 29.7 Å². The van der Waals surface area contributed by atoms with Crippen LogP contribution < -0.4 is 0 Å². The molecule has 0 bridgehead atoms. The van der Waals surface area contributed by atoms with E-state index < -0.39 is 5.97 Å². The van der Waals surface area contributed by atoms with Crippen LogP contribution in [0.4, 0.5) is 0 Å². The first kappa shape index (κ1) is 19.4. The van der Waals surface area contributed by atoms with Crippen LogP contribution in [0.2, 0.25) is 0 Å². The van der Waals surface area contributed by atoms with Gasteiger partial charge in [0.05, 0.1) is 15.2 Å². The highest BCUT2D eigenvalue weighted by Gasteiger charge is 2.27. The molecule has 0 aliphatic carbocycles. The smallest absolute Gasteiger partial charge is 0.342 e. The van der Waals surface area contributed by atoms with Gasteiger partial charge in [-0.25, -0.2) is 9.78 Å². The number of likely N-dealkylation sites (tertiary alicyclic amines) is 1. The van der Waals surface area contributed by atoms with Gasteiger partial charge in [-0.1, -0.05) is 23.8 Å². The van der Waals surface area contributed by atoms with Gasteiger partial charge in [-0.3, -0.25) is 4.79 Å². The number of thiazole rings is 1. The topological polar surface area (TPSA) is 79.7 Å². The van der Waals surface area contributed by atoms with Crippen molar-refractivity contribution in [2.24, 2.45) is 0 Å². The maximum absolute atomic E-state index is 12.6.